The van der Waals surface area contributed by atoms with Crippen molar-refractivity contribution in [1.29, 1.82) is 0 Å². The van der Waals surface area contributed by atoms with E-state index in [1.165, 1.54) is 0 Å². The monoisotopic (exact) mass is 249 g/mol. The summed E-state index contributed by atoms with van der Waals surface area (Å²) in [5.74, 6) is -0.340. The summed E-state index contributed by atoms with van der Waals surface area (Å²) in [7, 11) is 2.07. The van der Waals surface area contributed by atoms with Crippen LogP contribution in [0.1, 0.15) is 28.9 Å². The van der Waals surface area contributed by atoms with Crippen LogP contribution in [0.15, 0.2) is 18.3 Å². The lowest BCUT2D eigenvalue weighted by Crippen LogP contribution is -2.35. The minimum Gasteiger partial charge on any atom is -0.458 e. The third kappa shape index (κ3) is 3.27. The Balaban J connectivity index is 1.90. The number of carbonyl (C=O) groups is 1. The van der Waals surface area contributed by atoms with Crippen molar-refractivity contribution >= 4 is 5.97 Å². The van der Waals surface area contributed by atoms with Gasteiger partial charge in [0.15, 0.2) is 0 Å². The summed E-state index contributed by atoms with van der Waals surface area (Å²) >= 11 is 0. The second-order valence-electron chi connectivity index (χ2n) is 4.66. The predicted octanol–water partition coefficient (Wildman–Crippen LogP) is 0.791. The van der Waals surface area contributed by atoms with Crippen molar-refractivity contribution in [3.05, 3.63) is 29.6 Å². The Morgan fingerprint density at radius 2 is 2.22 bits per heavy atom. The number of ether oxygens (including phenoxy) is 1. The Labute approximate surface area is 107 Å². The molecule has 98 valence electrons. The van der Waals surface area contributed by atoms with Gasteiger partial charge in [0.05, 0.1) is 0 Å². The van der Waals surface area contributed by atoms with Crippen LogP contribution in [0.4, 0.5) is 0 Å². The molecular weight excluding hydrogens is 230 g/mol. The molecule has 5 nitrogen and oxygen atoms in total. The summed E-state index contributed by atoms with van der Waals surface area (Å²) in [5.41, 5.74) is 6.74. The largest absolute Gasteiger partial charge is 0.458 e. The molecule has 2 heterocycles. The number of nitrogens with zero attached hydrogens (tertiary/aromatic N) is 2. The van der Waals surface area contributed by atoms with Gasteiger partial charge in [-0.15, -0.1) is 0 Å². The number of rotatable bonds is 3. The van der Waals surface area contributed by atoms with Gasteiger partial charge in [-0.25, -0.2) is 9.78 Å². The highest BCUT2D eigenvalue weighted by Crippen LogP contribution is 2.14. The van der Waals surface area contributed by atoms with Gasteiger partial charge in [-0.1, -0.05) is 6.07 Å². The van der Waals surface area contributed by atoms with E-state index in [0.29, 0.717) is 12.2 Å². The second-order valence-corrected chi connectivity index (χ2v) is 4.66. The van der Waals surface area contributed by atoms with E-state index in [2.05, 4.69) is 16.9 Å². The van der Waals surface area contributed by atoms with Crippen LogP contribution in [0.5, 0.6) is 0 Å². The molecule has 18 heavy (non-hydrogen) atoms. The van der Waals surface area contributed by atoms with Gasteiger partial charge in [0.2, 0.25) is 0 Å². The van der Waals surface area contributed by atoms with E-state index in [1.54, 1.807) is 18.3 Å². The number of hydrogen-bond acceptors (Lipinski definition) is 5. The molecule has 0 bridgehead atoms. The topological polar surface area (TPSA) is 68.5 Å². The van der Waals surface area contributed by atoms with E-state index in [1.807, 2.05) is 0 Å². The molecule has 0 radical (unpaired) electrons. The van der Waals surface area contributed by atoms with Gasteiger partial charge in [0.25, 0.3) is 0 Å². The van der Waals surface area contributed by atoms with Crippen LogP contribution in [-0.4, -0.2) is 42.1 Å². The highest BCUT2D eigenvalue weighted by atomic mass is 16.5. The summed E-state index contributed by atoms with van der Waals surface area (Å²) in [5, 5.41) is 0. The second kappa shape index (κ2) is 5.93. The molecule has 1 saturated heterocycles. The Bertz CT molecular complexity index is 397. The molecule has 1 aromatic rings. The van der Waals surface area contributed by atoms with Gasteiger partial charge in [0, 0.05) is 25.8 Å². The molecule has 0 atom stereocenters. The number of aromatic nitrogens is 1. The summed E-state index contributed by atoms with van der Waals surface area (Å²) in [4.78, 5) is 18.2. The maximum Gasteiger partial charge on any atom is 0.357 e. The van der Waals surface area contributed by atoms with Crippen LogP contribution in [0.2, 0.25) is 0 Å². The SMILES string of the molecule is CN1CCC(OC(=O)c2ccc(CN)cn2)CC1. The average Bonchev–Trinajstić information content (AvgIpc) is 2.41. The first kappa shape index (κ1) is 13.0. The van der Waals surface area contributed by atoms with E-state index in [-0.39, 0.29) is 12.1 Å². The van der Waals surface area contributed by atoms with Crippen molar-refractivity contribution in [1.82, 2.24) is 9.88 Å². The van der Waals surface area contributed by atoms with E-state index >= 15 is 0 Å². The molecule has 0 aliphatic carbocycles. The number of carbonyl (C=O) groups excluding carboxylic acids is 1. The number of esters is 1. The Hall–Kier alpha value is -1.46. The summed E-state index contributed by atoms with van der Waals surface area (Å²) in [6.45, 7) is 2.37. The number of nitrogens with two attached hydrogens (primary N) is 1. The third-order valence-electron chi connectivity index (χ3n) is 3.21. The third-order valence-corrected chi connectivity index (χ3v) is 3.21. The van der Waals surface area contributed by atoms with Crippen molar-refractivity contribution in [3.63, 3.8) is 0 Å². The van der Waals surface area contributed by atoms with Gasteiger partial charge >= 0.3 is 5.97 Å². The van der Waals surface area contributed by atoms with Crippen molar-refractivity contribution in [2.45, 2.75) is 25.5 Å². The first-order valence-electron chi connectivity index (χ1n) is 6.23. The minimum absolute atomic E-state index is 0.0182. The maximum atomic E-state index is 11.9. The smallest absolute Gasteiger partial charge is 0.357 e. The van der Waals surface area contributed by atoms with Crippen LogP contribution in [0, 0.1) is 0 Å². The van der Waals surface area contributed by atoms with Crippen LogP contribution in [0.25, 0.3) is 0 Å². The standard InChI is InChI=1S/C13H19N3O2/c1-16-6-4-11(5-7-16)18-13(17)12-3-2-10(8-14)9-15-12/h2-3,9,11H,4-8,14H2,1H3. The predicted molar refractivity (Wildman–Crippen MR) is 68.1 cm³/mol. The molecule has 0 spiro atoms. The number of hydrogen-bond donors (Lipinski definition) is 1. The average molecular weight is 249 g/mol. The number of piperidine rings is 1. The molecule has 2 N–H and O–H groups in total. The zero-order valence-electron chi connectivity index (χ0n) is 10.6. The van der Waals surface area contributed by atoms with E-state index in [9.17, 15) is 4.79 Å². The fraction of sp³-hybridized carbons (Fsp3) is 0.538. The first-order chi connectivity index (χ1) is 8.69. The first-order valence-corrected chi connectivity index (χ1v) is 6.23. The van der Waals surface area contributed by atoms with Gasteiger partial charge in [-0.05, 0) is 31.5 Å². The quantitative estimate of drug-likeness (QED) is 0.802. The lowest BCUT2D eigenvalue weighted by molar-refractivity contribution is 0.0133. The van der Waals surface area contributed by atoms with Crippen molar-refractivity contribution < 1.29 is 9.53 Å². The molecule has 0 unspecified atom stereocenters. The molecule has 5 heteroatoms. The number of likely N-dealkylation sites (tertiary alicyclic amines) is 1. The fourth-order valence-corrected chi connectivity index (χ4v) is 1.98. The molecule has 1 aliphatic heterocycles. The lowest BCUT2D eigenvalue weighted by Gasteiger charge is -2.28. The molecule has 0 aromatic carbocycles. The lowest BCUT2D eigenvalue weighted by atomic mass is 10.1. The fourth-order valence-electron chi connectivity index (χ4n) is 1.98. The van der Waals surface area contributed by atoms with Gasteiger partial charge in [-0.2, -0.15) is 0 Å². The van der Waals surface area contributed by atoms with Crippen molar-refractivity contribution in [2.75, 3.05) is 20.1 Å². The van der Waals surface area contributed by atoms with Gasteiger partial charge < -0.3 is 15.4 Å². The van der Waals surface area contributed by atoms with Crippen molar-refractivity contribution in [2.24, 2.45) is 5.73 Å². The summed E-state index contributed by atoms with van der Waals surface area (Å²) in [6, 6.07) is 3.47. The van der Waals surface area contributed by atoms with Gasteiger partial charge in [-0.3, -0.25) is 0 Å². The van der Waals surface area contributed by atoms with E-state index in [4.69, 9.17) is 10.5 Å². The van der Waals surface area contributed by atoms with Crippen molar-refractivity contribution in [3.8, 4) is 0 Å². The Morgan fingerprint density at radius 1 is 1.50 bits per heavy atom. The zero-order chi connectivity index (χ0) is 13.0. The number of pyridine rings is 1. The Morgan fingerprint density at radius 3 is 2.78 bits per heavy atom. The van der Waals surface area contributed by atoms with Crippen LogP contribution in [-0.2, 0) is 11.3 Å². The van der Waals surface area contributed by atoms with Crippen LogP contribution in [0.3, 0.4) is 0 Å². The highest BCUT2D eigenvalue weighted by Gasteiger charge is 2.21. The zero-order valence-corrected chi connectivity index (χ0v) is 10.6. The highest BCUT2D eigenvalue weighted by molar-refractivity contribution is 5.87. The van der Waals surface area contributed by atoms with Gasteiger partial charge in [0.1, 0.15) is 11.8 Å². The van der Waals surface area contributed by atoms with Crippen LogP contribution >= 0.6 is 0 Å². The molecule has 2 rings (SSSR count). The van der Waals surface area contributed by atoms with E-state index < -0.39 is 0 Å². The summed E-state index contributed by atoms with van der Waals surface area (Å²) in [6.07, 6.45) is 3.42. The Kier molecular flexibility index (Phi) is 4.28. The molecule has 1 aliphatic rings. The minimum atomic E-state index is -0.340. The molecular formula is C13H19N3O2. The van der Waals surface area contributed by atoms with E-state index in [0.717, 1.165) is 31.5 Å². The molecule has 0 amide bonds. The summed E-state index contributed by atoms with van der Waals surface area (Å²) < 4.78 is 5.44. The van der Waals surface area contributed by atoms with Crippen LogP contribution < -0.4 is 5.73 Å². The molecule has 0 saturated carbocycles. The molecule has 1 aromatic heterocycles. The normalized spacial score (nSPS) is 17.7. The molecule has 1 fully saturated rings. The maximum absolute atomic E-state index is 11.9.